The Bertz CT molecular complexity index is 2320. The fraction of sp³-hybridized carbons (Fsp3) is 0.297. The van der Waals surface area contributed by atoms with Crippen LogP contribution >= 0.6 is 0 Å². The lowest BCUT2D eigenvalue weighted by Gasteiger charge is -2.31. The summed E-state index contributed by atoms with van der Waals surface area (Å²) in [5, 5.41) is 24.7. The number of aryl methyl sites for hydroxylation is 1. The lowest BCUT2D eigenvalue weighted by atomic mass is 9.81. The van der Waals surface area contributed by atoms with Crippen molar-refractivity contribution in [3.63, 3.8) is 0 Å². The molecular weight excluding hydrogens is 741 g/mol. The highest BCUT2D eigenvalue weighted by atomic mass is 19.4. The van der Waals surface area contributed by atoms with Gasteiger partial charge in [0, 0.05) is 22.1 Å². The maximum Gasteiger partial charge on any atom is 0.433 e. The zero-order chi connectivity index (χ0) is 39.5. The van der Waals surface area contributed by atoms with Gasteiger partial charge < -0.3 is 25.2 Å². The minimum Gasteiger partial charge on any atom is -0.489 e. The average Bonchev–Trinajstić information content (AvgIpc) is 3.89. The number of hydrogen-bond donors (Lipinski definition) is 3. The second kappa shape index (κ2) is 13.4. The van der Waals surface area contributed by atoms with Crippen LogP contribution in [0.15, 0.2) is 66.9 Å². The number of carbonyl (C=O) groups excluding carboxylic acids is 2. The van der Waals surface area contributed by atoms with Gasteiger partial charge in [-0.1, -0.05) is 0 Å². The van der Waals surface area contributed by atoms with Gasteiger partial charge in [0.25, 0.3) is 5.91 Å². The number of anilines is 1. The van der Waals surface area contributed by atoms with E-state index in [1.165, 1.54) is 31.2 Å². The molecule has 0 spiro atoms. The fourth-order valence-electron chi connectivity index (χ4n) is 5.95. The minimum absolute atomic E-state index is 0.0578. The second-order valence-electron chi connectivity index (χ2n) is 13.5. The van der Waals surface area contributed by atoms with Crippen molar-refractivity contribution in [1.29, 1.82) is 0 Å². The summed E-state index contributed by atoms with van der Waals surface area (Å²) in [6.45, 7) is 1.06. The zero-order valence-corrected chi connectivity index (χ0v) is 28.8. The summed E-state index contributed by atoms with van der Waals surface area (Å²) < 4.78 is 110. The number of aromatic nitrogens is 4. The van der Waals surface area contributed by atoms with Crippen molar-refractivity contribution < 1.29 is 54.9 Å². The standard InChI is InChI=1S/C37H29F7N6O5/c1-18-11-20-12-21(13-26(29(20)50-49-18)55-24-8-9-24)32(51)46-16-35(53,37(42,43)44)28-14-25-31(30(48-28)19-3-5-22(38)6-4-19)54-17-34(25,2)33(52)47-23-7-10-27(45-15-23)36(39,40)41/h3-7,10-15,24,53H,8-9,16-17H2,1-2H3,(H,46,51)(H,47,52)/t34-,35?/m0/s1. The van der Waals surface area contributed by atoms with E-state index >= 15 is 13.2 Å². The lowest BCUT2D eigenvalue weighted by molar-refractivity contribution is -0.265. The first-order valence-electron chi connectivity index (χ1n) is 16.7. The Kier molecular flexibility index (Phi) is 9.14. The molecule has 5 aromatic rings. The Balaban J connectivity index is 1.26. The number of alkyl halides is 6. The molecule has 1 saturated carbocycles. The average molecular weight is 771 g/mol. The molecular formula is C37H29F7N6O5. The topological polar surface area (TPSA) is 148 Å². The Morgan fingerprint density at radius 2 is 1.71 bits per heavy atom. The number of amides is 2. The van der Waals surface area contributed by atoms with Gasteiger partial charge in [0.1, 0.15) is 46.2 Å². The van der Waals surface area contributed by atoms with E-state index in [0.29, 0.717) is 22.7 Å². The molecule has 0 saturated heterocycles. The number of benzene rings is 2. The molecule has 3 N–H and O–H groups in total. The third-order valence-electron chi connectivity index (χ3n) is 9.26. The SMILES string of the molecule is Cc1cc2cc(C(=O)NCC(O)(c3cc4c(c(-c5ccc(F)cc5)n3)OC[C@]4(C)C(=O)Nc3ccc(C(F)(F)F)nc3)C(F)(F)F)cc(OC3CC3)c2nn1. The van der Waals surface area contributed by atoms with Crippen molar-refractivity contribution in [2.45, 2.75) is 56.2 Å². The highest BCUT2D eigenvalue weighted by Crippen LogP contribution is 2.48. The van der Waals surface area contributed by atoms with E-state index in [1.54, 1.807) is 13.0 Å². The van der Waals surface area contributed by atoms with E-state index in [0.717, 1.165) is 43.3 Å². The smallest absolute Gasteiger partial charge is 0.433 e. The molecule has 11 nitrogen and oxygen atoms in total. The number of fused-ring (bicyclic) bond motifs is 2. The molecule has 2 atom stereocenters. The molecule has 1 fully saturated rings. The zero-order valence-electron chi connectivity index (χ0n) is 28.8. The van der Waals surface area contributed by atoms with Gasteiger partial charge in [-0.05, 0) is 87.4 Å². The number of hydrogen-bond acceptors (Lipinski definition) is 9. The summed E-state index contributed by atoms with van der Waals surface area (Å²) >= 11 is 0. The maximum absolute atomic E-state index is 15.1. The van der Waals surface area contributed by atoms with Crippen LogP contribution in [0, 0.1) is 12.7 Å². The molecule has 0 bridgehead atoms. The first-order valence-corrected chi connectivity index (χ1v) is 16.7. The van der Waals surface area contributed by atoms with Crippen LogP contribution in [0.4, 0.5) is 36.4 Å². The minimum atomic E-state index is -5.48. The Labute approximate surface area is 306 Å². The summed E-state index contributed by atoms with van der Waals surface area (Å²) in [5.74, 6) is -2.54. The van der Waals surface area contributed by atoms with Gasteiger partial charge in [0.05, 0.1) is 35.9 Å². The molecule has 4 heterocycles. The van der Waals surface area contributed by atoms with E-state index < -0.39 is 65.5 Å². The van der Waals surface area contributed by atoms with Crippen LogP contribution in [0.2, 0.25) is 0 Å². The van der Waals surface area contributed by atoms with Gasteiger partial charge in [-0.25, -0.2) is 14.4 Å². The van der Waals surface area contributed by atoms with Crippen molar-refractivity contribution in [3.05, 3.63) is 101 Å². The molecule has 7 rings (SSSR count). The summed E-state index contributed by atoms with van der Waals surface area (Å²) in [6, 6.07) is 11.2. The second-order valence-corrected chi connectivity index (χ2v) is 13.5. The van der Waals surface area contributed by atoms with Gasteiger partial charge in [-0.2, -0.15) is 31.4 Å². The van der Waals surface area contributed by atoms with Crippen molar-refractivity contribution in [2.24, 2.45) is 0 Å². The number of nitrogens with zero attached hydrogens (tertiary/aromatic N) is 4. The molecule has 1 aliphatic heterocycles. The number of rotatable bonds is 9. The van der Waals surface area contributed by atoms with E-state index in [4.69, 9.17) is 9.47 Å². The molecule has 2 amide bonds. The van der Waals surface area contributed by atoms with Gasteiger partial charge >= 0.3 is 12.4 Å². The predicted molar refractivity (Wildman–Crippen MR) is 181 cm³/mol. The van der Waals surface area contributed by atoms with Crippen LogP contribution in [0.1, 0.15) is 52.8 Å². The van der Waals surface area contributed by atoms with Gasteiger partial charge in [0.15, 0.2) is 0 Å². The predicted octanol–water partition coefficient (Wildman–Crippen LogP) is 6.56. The third-order valence-corrected chi connectivity index (χ3v) is 9.26. The lowest BCUT2D eigenvalue weighted by Crippen LogP contribution is -2.51. The molecule has 1 aliphatic carbocycles. The number of ether oxygens (including phenoxy) is 2. The summed E-state index contributed by atoms with van der Waals surface area (Å²) in [4.78, 5) is 34.7. The van der Waals surface area contributed by atoms with Crippen LogP contribution in [0.3, 0.4) is 0 Å². The largest absolute Gasteiger partial charge is 0.489 e. The molecule has 1 unspecified atom stereocenters. The Morgan fingerprint density at radius 1 is 0.982 bits per heavy atom. The summed E-state index contributed by atoms with van der Waals surface area (Å²) in [7, 11) is 0. The Morgan fingerprint density at radius 3 is 2.35 bits per heavy atom. The van der Waals surface area contributed by atoms with Crippen LogP contribution in [-0.2, 0) is 22.0 Å². The first kappa shape index (κ1) is 37.4. The van der Waals surface area contributed by atoms with Gasteiger partial charge in [-0.15, -0.1) is 5.10 Å². The fourth-order valence-corrected chi connectivity index (χ4v) is 5.95. The Hall–Kier alpha value is -5.91. The van der Waals surface area contributed by atoms with Crippen molar-refractivity contribution >= 4 is 28.4 Å². The number of nitrogens with one attached hydrogen (secondary N) is 2. The number of carbonyl (C=O) groups is 2. The van der Waals surface area contributed by atoms with Gasteiger partial charge in [-0.3, -0.25) is 9.59 Å². The van der Waals surface area contributed by atoms with E-state index in [-0.39, 0.29) is 45.7 Å². The van der Waals surface area contributed by atoms with E-state index in [2.05, 4.69) is 30.8 Å². The van der Waals surface area contributed by atoms with Crippen LogP contribution < -0.4 is 20.1 Å². The number of aliphatic hydroxyl groups is 1. The van der Waals surface area contributed by atoms with Gasteiger partial charge in [0.2, 0.25) is 11.5 Å². The van der Waals surface area contributed by atoms with Crippen LogP contribution in [0.25, 0.3) is 22.2 Å². The van der Waals surface area contributed by atoms with E-state index in [1.807, 2.05) is 0 Å². The monoisotopic (exact) mass is 770 g/mol. The highest BCUT2D eigenvalue weighted by Gasteiger charge is 2.58. The van der Waals surface area contributed by atoms with Crippen molar-refractivity contribution in [1.82, 2.24) is 25.5 Å². The number of halogens is 7. The van der Waals surface area contributed by atoms with Crippen molar-refractivity contribution in [2.75, 3.05) is 18.5 Å². The molecule has 18 heteroatoms. The normalized spacial score (nSPS) is 17.9. The van der Waals surface area contributed by atoms with Crippen molar-refractivity contribution in [3.8, 4) is 22.8 Å². The summed E-state index contributed by atoms with van der Waals surface area (Å²) in [5.41, 5.74) is -7.76. The first-order chi connectivity index (χ1) is 25.9. The van der Waals surface area contributed by atoms with Crippen LogP contribution in [-0.4, -0.2) is 62.5 Å². The van der Waals surface area contributed by atoms with E-state index in [9.17, 15) is 32.3 Å². The van der Waals surface area contributed by atoms with Crippen LogP contribution in [0.5, 0.6) is 11.5 Å². The number of pyridine rings is 2. The third kappa shape index (κ3) is 7.20. The molecule has 2 aromatic carbocycles. The quantitative estimate of drug-likeness (QED) is 0.142. The highest BCUT2D eigenvalue weighted by molar-refractivity contribution is 6.01. The summed E-state index contributed by atoms with van der Waals surface area (Å²) in [6.07, 6.45) is -8.06. The molecule has 2 aliphatic rings. The molecule has 0 radical (unpaired) electrons. The maximum atomic E-state index is 15.1. The molecule has 3 aromatic heterocycles. The molecule has 55 heavy (non-hydrogen) atoms. The molecule has 286 valence electrons.